The number of pyridine rings is 1. The molecule has 1 aromatic heterocycles. The van der Waals surface area contributed by atoms with E-state index in [1.807, 2.05) is 12.4 Å². The van der Waals surface area contributed by atoms with Gasteiger partial charge in [-0.25, -0.2) is 0 Å². The van der Waals surface area contributed by atoms with Crippen LogP contribution in [0.25, 0.3) is 0 Å². The van der Waals surface area contributed by atoms with Gasteiger partial charge in [-0.2, -0.15) is 0 Å². The number of halogens is 1. The number of hydrogen-bond donors (Lipinski definition) is 1. The topological polar surface area (TPSA) is 28.2 Å². The Hall–Kier alpha value is -0.450. The highest BCUT2D eigenvalue weighted by Gasteiger charge is 2.25. The van der Waals surface area contributed by atoms with Gasteiger partial charge in [0.1, 0.15) is 0 Å². The van der Waals surface area contributed by atoms with Gasteiger partial charge in [0.2, 0.25) is 0 Å². The van der Waals surface area contributed by atoms with E-state index >= 15 is 0 Å². The molecule has 3 nitrogen and oxygen atoms in total. The van der Waals surface area contributed by atoms with Crippen LogP contribution in [0.1, 0.15) is 39.2 Å². The van der Waals surface area contributed by atoms with Crippen LogP contribution in [0.15, 0.2) is 22.9 Å². The molecule has 1 aliphatic rings. The minimum atomic E-state index is 0.602. The van der Waals surface area contributed by atoms with Crippen molar-refractivity contribution in [3.05, 3.63) is 28.5 Å². The molecule has 0 bridgehead atoms. The Kier molecular flexibility index (Phi) is 6.00. The average molecular weight is 340 g/mol. The van der Waals surface area contributed by atoms with Gasteiger partial charge in [0.15, 0.2) is 0 Å². The van der Waals surface area contributed by atoms with Crippen molar-refractivity contribution in [1.82, 2.24) is 15.2 Å². The van der Waals surface area contributed by atoms with Gasteiger partial charge in [-0.05, 0) is 53.4 Å². The summed E-state index contributed by atoms with van der Waals surface area (Å²) in [5, 5.41) is 3.72. The molecule has 0 aliphatic carbocycles. The largest absolute Gasteiger partial charge is 0.312 e. The molecule has 1 fully saturated rings. The molecule has 0 amide bonds. The molecule has 1 aromatic rings. The molecule has 112 valence electrons. The molecule has 3 unspecified atom stereocenters. The Labute approximate surface area is 131 Å². The molecule has 2 heterocycles. The molecule has 1 N–H and O–H groups in total. The van der Waals surface area contributed by atoms with Crippen molar-refractivity contribution in [3.8, 4) is 0 Å². The molecule has 0 saturated carbocycles. The summed E-state index contributed by atoms with van der Waals surface area (Å²) in [6.07, 6.45) is 6.28. The van der Waals surface area contributed by atoms with Gasteiger partial charge in [-0.15, -0.1) is 0 Å². The third-order valence-electron chi connectivity index (χ3n) is 4.50. The maximum atomic E-state index is 4.28. The van der Waals surface area contributed by atoms with Crippen LogP contribution in [0.4, 0.5) is 0 Å². The van der Waals surface area contributed by atoms with E-state index in [0.717, 1.165) is 30.0 Å². The zero-order valence-electron chi connectivity index (χ0n) is 12.8. The van der Waals surface area contributed by atoms with Crippen LogP contribution in [-0.2, 0) is 6.54 Å². The van der Waals surface area contributed by atoms with Crippen molar-refractivity contribution in [2.75, 3.05) is 13.1 Å². The van der Waals surface area contributed by atoms with E-state index in [-0.39, 0.29) is 0 Å². The zero-order chi connectivity index (χ0) is 14.5. The smallest absolute Gasteiger partial charge is 0.0410 e. The normalized spacial score (nSPS) is 26.2. The number of nitrogens with zero attached hydrogens (tertiary/aromatic N) is 2. The van der Waals surface area contributed by atoms with Crippen molar-refractivity contribution in [2.24, 2.45) is 5.92 Å². The second kappa shape index (κ2) is 7.53. The van der Waals surface area contributed by atoms with Crippen molar-refractivity contribution >= 4 is 15.9 Å². The molecule has 0 aromatic carbocycles. The van der Waals surface area contributed by atoms with Gasteiger partial charge in [-0.3, -0.25) is 9.88 Å². The van der Waals surface area contributed by atoms with Gasteiger partial charge in [-0.1, -0.05) is 20.3 Å². The third kappa shape index (κ3) is 4.27. The fraction of sp³-hybridized carbons (Fsp3) is 0.688. The lowest BCUT2D eigenvalue weighted by atomic mass is 9.98. The molecule has 2 rings (SSSR count). The molecule has 1 aliphatic heterocycles. The molecular formula is C16H26BrN3. The summed E-state index contributed by atoms with van der Waals surface area (Å²) in [5.41, 5.74) is 1.29. The van der Waals surface area contributed by atoms with Gasteiger partial charge in [0.05, 0.1) is 0 Å². The maximum absolute atomic E-state index is 4.28. The Morgan fingerprint density at radius 1 is 1.50 bits per heavy atom. The number of nitrogens with one attached hydrogen (secondary N) is 1. The summed E-state index contributed by atoms with van der Waals surface area (Å²) < 4.78 is 1.06. The summed E-state index contributed by atoms with van der Waals surface area (Å²) in [6, 6.07) is 3.40. The van der Waals surface area contributed by atoms with E-state index in [0.29, 0.717) is 12.1 Å². The van der Waals surface area contributed by atoms with Crippen molar-refractivity contribution < 1.29 is 0 Å². The summed E-state index contributed by atoms with van der Waals surface area (Å²) in [5.74, 6) is 0.725. The predicted molar refractivity (Wildman–Crippen MR) is 87.7 cm³/mol. The van der Waals surface area contributed by atoms with Gasteiger partial charge >= 0.3 is 0 Å². The predicted octanol–water partition coefficient (Wildman–Crippen LogP) is 3.44. The average Bonchev–Trinajstić information content (AvgIpc) is 2.61. The van der Waals surface area contributed by atoms with Crippen LogP contribution in [0.3, 0.4) is 0 Å². The lowest BCUT2D eigenvalue weighted by molar-refractivity contribution is 0.180. The third-order valence-corrected chi connectivity index (χ3v) is 4.93. The van der Waals surface area contributed by atoms with Crippen LogP contribution in [0.5, 0.6) is 0 Å². The molecule has 4 heteroatoms. The van der Waals surface area contributed by atoms with E-state index in [1.54, 1.807) is 0 Å². The van der Waals surface area contributed by atoms with E-state index in [2.05, 4.69) is 58.0 Å². The fourth-order valence-electron chi connectivity index (χ4n) is 2.82. The quantitative estimate of drug-likeness (QED) is 0.910. The second-order valence-corrected chi connectivity index (χ2v) is 6.94. The fourth-order valence-corrected chi connectivity index (χ4v) is 3.23. The van der Waals surface area contributed by atoms with E-state index < -0.39 is 0 Å². The minimum absolute atomic E-state index is 0.602. The summed E-state index contributed by atoms with van der Waals surface area (Å²) in [7, 11) is 0. The Balaban J connectivity index is 2.06. The Bertz CT molecular complexity index is 424. The van der Waals surface area contributed by atoms with E-state index in [4.69, 9.17) is 0 Å². The lowest BCUT2D eigenvalue weighted by Gasteiger charge is -2.31. The first-order chi connectivity index (χ1) is 9.60. The van der Waals surface area contributed by atoms with Gasteiger partial charge in [0, 0.05) is 42.0 Å². The minimum Gasteiger partial charge on any atom is -0.312 e. The van der Waals surface area contributed by atoms with Crippen LogP contribution in [0, 0.1) is 5.92 Å². The van der Waals surface area contributed by atoms with E-state index in [9.17, 15) is 0 Å². The van der Waals surface area contributed by atoms with Crippen LogP contribution >= 0.6 is 15.9 Å². The summed E-state index contributed by atoms with van der Waals surface area (Å²) in [6.45, 7) is 10.2. The number of hydrogen-bond acceptors (Lipinski definition) is 3. The molecule has 20 heavy (non-hydrogen) atoms. The van der Waals surface area contributed by atoms with Crippen LogP contribution < -0.4 is 5.32 Å². The number of aromatic nitrogens is 1. The molecule has 0 radical (unpaired) electrons. The first-order valence-electron chi connectivity index (χ1n) is 7.67. The highest BCUT2D eigenvalue weighted by atomic mass is 79.9. The molecular weight excluding hydrogens is 314 g/mol. The maximum Gasteiger partial charge on any atom is 0.0410 e. The monoisotopic (exact) mass is 339 g/mol. The van der Waals surface area contributed by atoms with E-state index in [1.165, 1.54) is 18.4 Å². The Morgan fingerprint density at radius 2 is 2.30 bits per heavy atom. The van der Waals surface area contributed by atoms with Crippen molar-refractivity contribution in [1.29, 1.82) is 0 Å². The summed E-state index contributed by atoms with van der Waals surface area (Å²) in [4.78, 5) is 6.88. The lowest BCUT2D eigenvalue weighted by Crippen LogP contribution is -2.43. The van der Waals surface area contributed by atoms with Gasteiger partial charge in [0.25, 0.3) is 0 Å². The zero-order valence-corrected chi connectivity index (χ0v) is 14.4. The highest BCUT2D eigenvalue weighted by molar-refractivity contribution is 9.10. The standard InChI is InChI=1S/C16H26BrN3/c1-4-12(2)16-11-20(13(3)5-6-19-16)10-14-7-15(17)9-18-8-14/h7-9,12-13,16,19H,4-6,10-11H2,1-3H3. The van der Waals surface area contributed by atoms with Crippen LogP contribution in [-0.4, -0.2) is 35.1 Å². The van der Waals surface area contributed by atoms with Crippen molar-refractivity contribution in [2.45, 2.75) is 52.2 Å². The summed E-state index contributed by atoms with van der Waals surface area (Å²) >= 11 is 3.51. The molecule has 3 atom stereocenters. The van der Waals surface area contributed by atoms with Crippen molar-refractivity contribution in [3.63, 3.8) is 0 Å². The molecule has 1 saturated heterocycles. The van der Waals surface area contributed by atoms with Gasteiger partial charge < -0.3 is 5.32 Å². The number of rotatable bonds is 4. The SMILES string of the molecule is CCC(C)C1CN(Cc2cncc(Br)c2)C(C)CCN1. The second-order valence-electron chi connectivity index (χ2n) is 6.02. The first-order valence-corrected chi connectivity index (χ1v) is 8.46. The highest BCUT2D eigenvalue weighted by Crippen LogP contribution is 2.19. The van der Waals surface area contributed by atoms with Crippen LogP contribution in [0.2, 0.25) is 0 Å². The first kappa shape index (κ1) is 15.9. The molecule has 0 spiro atoms. The Morgan fingerprint density at radius 3 is 3.00 bits per heavy atom.